The minimum atomic E-state index is -4.49. The molecule has 0 radical (unpaired) electrons. The van der Waals surface area contributed by atoms with Gasteiger partial charge in [-0.1, -0.05) is 42.5 Å². The van der Waals surface area contributed by atoms with Gasteiger partial charge in [-0.25, -0.2) is 4.98 Å². The van der Waals surface area contributed by atoms with Crippen LogP contribution in [-0.2, 0) is 23.8 Å². The van der Waals surface area contributed by atoms with E-state index in [1.165, 1.54) is 10.9 Å². The summed E-state index contributed by atoms with van der Waals surface area (Å²) in [6.07, 6.45) is -4.02. The summed E-state index contributed by atoms with van der Waals surface area (Å²) in [4.78, 5) is 3.49. The van der Waals surface area contributed by atoms with E-state index in [2.05, 4.69) is 22.4 Å². The normalized spacial score (nSPS) is 13.6. The van der Waals surface area contributed by atoms with E-state index >= 15 is 0 Å². The minimum absolute atomic E-state index is 0.0140. The van der Waals surface area contributed by atoms with Gasteiger partial charge in [0.25, 0.3) is 0 Å². The topological polar surface area (TPSA) is 63.6 Å². The van der Waals surface area contributed by atoms with E-state index < -0.39 is 17.3 Å². The molecule has 0 spiro atoms. The number of aliphatic hydroxyl groups is 1. The van der Waals surface area contributed by atoms with Crippen LogP contribution in [0.2, 0.25) is 0 Å². The van der Waals surface area contributed by atoms with Crippen LogP contribution >= 0.6 is 11.3 Å². The molecule has 0 aliphatic rings. The van der Waals surface area contributed by atoms with Gasteiger partial charge < -0.3 is 19.9 Å². The van der Waals surface area contributed by atoms with Gasteiger partial charge in [0.1, 0.15) is 18.5 Å². The van der Waals surface area contributed by atoms with Crippen molar-refractivity contribution in [1.29, 1.82) is 0 Å². The van der Waals surface area contributed by atoms with Crippen LogP contribution in [0.1, 0.15) is 34.9 Å². The summed E-state index contributed by atoms with van der Waals surface area (Å²) < 4.78 is 49.3. The van der Waals surface area contributed by atoms with E-state index in [9.17, 15) is 18.3 Å². The molecule has 1 heterocycles. The number of aromatic nitrogens is 1. The molecule has 5 nitrogen and oxygen atoms in total. The number of nitrogens with one attached hydrogen (secondary N) is 1. The van der Waals surface area contributed by atoms with E-state index in [1.54, 1.807) is 0 Å². The quantitative estimate of drug-likeness (QED) is 0.326. The number of rotatable bonds is 13. The summed E-state index contributed by atoms with van der Waals surface area (Å²) in [5, 5.41) is 13.6. The largest absolute Gasteiger partial charge is 0.491 e. The molecule has 0 fully saturated rings. The molecule has 2 unspecified atom stereocenters. The standard InChI is InChI=1S/C25H29F3N2O3S/c1-18(29-16-23(31)22-17-34-24(30-22)25(26,27)28)15-20-7-9-21(10-8-20)33-14-13-32-12-11-19-5-3-2-4-6-19/h2-10,17-18,23,29,31H,11-16H2,1H3. The van der Waals surface area contributed by atoms with Gasteiger partial charge in [0, 0.05) is 18.0 Å². The maximum absolute atomic E-state index is 12.7. The Balaban J connectivity index is 1.31. The first kappa shape index (κ1) is 26.2. The molecule has 2 aromatic carbocycles. The molecule has 3 aromatic rings. The summed E-state index contributed by atoms with van der Waals surface area (Å²) in [6.45, 7) is 3.70. The van der Waals surface area contributed by atoms with Crippen LogP contribution in [0.5, 0.6) is 5.75 Å². The molecule has 2 N–H and O–H groups in total. The van der Waals surface area contributed by atoms with Crippen LogP contribution in [0.4, 0.5) is 13.2 Å². The van der Waals surface area contributed by atoms with E-state index in [4.69, 9.17) is 9.47 Å². The highest BCUT2D eigenvalue weighted by molar-refractivity contribution is 7.09. The third kappa shape index (κ3) is 8.72. The maximum atomic E-state index is 12.7. The lowest BCUT2D eigenvalue weighted by molar-refractivity contribution is -0.137. The van der Waals surface area contributed by atoms with Gasteiger partial charge in [-0.05, 0) is 43.0 Å². The third-order valence-corrected chi connectivity index (χ3v) is 6.01. The Morgan fingerprint density at radius 1 is 1.00 bits per heavy atom. The van der Waals surface area contributed by atoms with Crippen LogP contribution in [-0.4, -0.2) is 42.5 Å². The second-order valence-electron chi connectivity index (χ2n) is 7.94. The van der Waals surface area contributed by atoms with Crippen LogP contribution in [0, 0.1) is 0 Å². The van der Waals surface area contributed by atoms with Gasteiger partial charge in [-0.15, -0.1) is 11.3 Å². The fourth-order valence-corrected chi connectivity index (χ4v) is 4.02. The lowest BCUT2D eigenvalue weighted by atomic mass is 10.1. The van der Waals surface area contributed by atoms with Gasteiger partial charge in [0.15, 0.2) is 5.01 Å². The molecular formula is C25H29F3N2O3S. The monoisotopic (exact) mass is 494 g/mol. The van der Waals surface area contributed by atoms with Crippen LogP contribution in [0.25, 0.3) is 0 Å². The lowest BCUT2D eigenvalue weighted by Gasteiger charge is -2.16. The van der Waals surface area contributed by atoms with Gasteiger partial charge in [0.2, 0.25) is 0 Å². The molecule has 0 saturated heterocycles. The molecule has 0 bridgehead atoms. The molecule has 2 atom stereocenters. The van der Waals surface area contributed by atoms with Crippen molar-refractivity contribution in [3.63, 3.8) is 0 Å². The zero-order valence-corrected chi connectivity index (χ0v) is 19.7. The lowest BCUT2D eigenvalue weighted by Crippen LogP contribution is -2.32. The Hall–Kier alpha value is -2.46. The Morgan fingerprint density at radius 2 is 1.74 bits per heavy atom. The van der Waals surface area contributed by atoms with Gasteiger partial charge in [-0.2, -0.15) is 13.2 Å². The second kappa shape index (κ2) is 12.9. The number of hydrogen-bond acceptors (Lipinski definition) is 6. The fraction of sp³-hybridized carbons (Fsp3) is 0.400. The SMILES string of the molecule is CC(Cc1ccc(OCCOCCc2ccccc2)cc1)NCC(O)c1csc(C(F)(F)F)n1. The molecule has 0 aliphatic carbocycles. The predicted molar refractivity (Wildman–Crippen MR) is 126 cm³/mol. The first-order valence-electron chi connectivity index (χ1n) is 11.1. The molecule has 184 valence electrons. The number of aliphatic hydroxyl groups excluding tert-OH is 1. The summed E-state index contributed by atoms with van der Waals surface area (Å²) >= 11 is 0.488. The summed E-state index contributed by atoms with van der Waals surface area (Å²) in [5.74, 6) is 0.760. The van der Waals surface area contributed by atoms with Crippen molar-refractivity contribution in [2.75, 3.05) is 26.4 Å². The van der Waals surface area contributed by atoms with Gasteiger partial charge >= 0.3 is 6.18 Å². The number of nitrogens with zero attached hydrogens (tertiary/aromatic N) is 1. The molecule has 0 aliphatic heterocycles. The zero-order valence-electron chi connectivity index (χ0n) is 18.9. The zero-order chi connectivity index (χ0) is 24.4. The van der Waals surface area contributed by atoms with Gasteiger partial charge in [0.05, 0.1) is 18.9 Å². The van der Waals surface area contributed by atoms with Gasteiger partial charge in [-0.3, -0.25) is 0 Å². The maximum Gasteiger partial charge on any atom is 0.443 e. The number of ether oxygens (including phenoxy) is 2. The van der Waals surface area contributed by atoms with Crippen LogP contribution < -0.4 is 10.1 Å². The molecule has 3 rings (SSSR count). The van der Waals surface area contributed by atoms with Crippen molar-refractivity contribution >= 4 is 11.3 Å². The summed E-state index contributed by atoms with van der Waals surface area (Å²) in [7, 11) is 0. The molecule has 0 saturated carbocycles. The fourth-order valence-electron chi connectivity index (χ4n) is 3.29. The second-order valence-corrected chi connectivity index (χ2v) is 8.80. The number of thiazole rings is 1. The van der Waals surface area contributed by atoms with E-state index in [1.807, 2.05) is 49.4 Å². The summed E-state index contributed by atoms with van der Waals surface area (Å²) in [5.41, 5.74) is 2.35. The highest BCUT2D eigenvalue weighted by Gasteiger charge is 2.35. The van der Waals surface area contributed by atoms with Crippen LogP contribution in [0.15, 0.2) is 60.0 Å². The predicted octanol–water partition coefficient (Wildman–Crippen LogP) is 5.05. The molecule has 1 aromatic heterocycles. The Labute approximate surface area is 201 Å². The van der Waals surface area contributed by atoms with E-state index in [0.717, 1.165) is 17.7 Å². The first-order valence-corrected chi connectivity index (χ1v) is 12.0. The molecule has 9 heteroatoms. The van der Waals surface area contributed by atoms with E-state index in [-0.39, 0.29) is 18.3 Å². The van der Waals surface area contributed by atoms with E-state index in [0.29, 0.717) is 37.6 Å². The van der Waals surface area contributed by atoms with Crippen molar-refractivity contribution in [2.45, 2.75) is 38.1 Å². The molecule has 34 heavy (non-hydrogen) atoms. The number of alkyl halides is 3. The smallest absolute Gasteiger partial charge is 0.443 e. The highest BCUT2D eigenvalue weighted by Crippen LogP contribution is 2.32. The molecule has 0 amide bonds. The minimum Gasteiger partial charge on any atom is -0.491 e. The van der Waals surface area contributed by atoms with Crippen molar-refractivity contribution in [1.82, 2.24) is 10.3 Å². The Kier molecular flexibility index (Phi) is 9.88. The average molecular weight is 495 g/mol. The Morgan fingerprint density at radius 3 is 2.41 bits per heavy atom. The van der Waals surface area contributed by atoms with Crippen molar-refractivity contribution in [2.24, 2.45) is 0 Å². The summed E-state index contributed by atoms with van der Waals surface area (Å²) in [6, 6.07) is 17.9. The van der Waals surface area contributed by atoms with Crippen LogP contribution in [0.3, 0.4) is 0 Å². The number of hydrogen-bond donors (Lipinski definition) is 2. The van der Waals surface area contributed by atoms with Crippen molar-refractivity contribution in [3.8, 4) is 5.75 Å². The van der Waals surface area contributed by atoms with Crippen molar-refractivity contribution in [3.05, 3.63) is 81.8 Å². The molecular weight excluding hydrogens is 465 g/mol. The highest BCUT2D eigenvalue weighted by atomic mass is 32.1. The van der Waals surface area contributed by atoms with Crippen molar-refractivity contribution < 1.29 is 27.8 Å². The number of halogens is 3. The number of benzene rings is 2. The third-order valence-electron chi connectivity index (χ3n) is 5.11. The first-order chi connectivity index (χ1) is 16.3. The Bertz CT molecular complexity index is 981. The average Bonchev–Trinajstić information content (AvgIpc) is 3.33.